The molecule has 0 spiro atoms. The lowest BCUT2D eigenvalue weighted by Gasteiger charge is -1.94. The minimum Gasteiger partial charge on any atom is -0.206 e. The van der Waals surface area contributed by atoms with Crippen LogP contribution >= 0.6 is 0 Å². The molecule has 10 heteroatoms. The summed E-state index contributed by atoms with van der Waals surface area (Å²) < 4.78 is 0. The summed E-state index contributed by atoms with van der Waals surface area (Å²) in [6.45, 7) is 0. The molecule has 0 atom stereocenters. The Balaban J connectivity index is 2.76. The summed E-state index contributed by atoms with van der Waals surface area (Å²) in [4.78, 5) is 20.0. The van der Waals surface area contributed by atoms with Crippen molar-refractivity contribution in [3.63, 3.8) is 0 Å². The molecule has 0 aliphatic heterocycles. The molecule has 58 valence electrons. The summed E-state index contributed by atoms with van der Waals surface area (Å²) in [6.07, 6.45) is 0. The Hall–Kier alpha value is -2.13. The van der Waals surface area contributed by atoms with Crippen LogP contribution in [0.5, 0.6) is 0 Å². The maximum Gasteiger partial charge on any atom is 0.287 e. The van der Waals surface area contributed by atoms with Crippen molar-refractivity contribution in [2.24, 2.45) is 10.6 Å². The van der Waals surface area contributed by atoms with Gasteiger partial charge in [-0.2, -0.15) is 5.53 Å². The zero-order valence-corrected chi connectivity index (χ0v) is 5.00. The lowest BCUT2D eigenvalue weighted by Crippen LogP contribution is -2.12. The second kappa shape index (κ2) is 3.14. The van der Waals surface area contributed by atoms with Crippen LogP contribution in [-0.4, -0.2) is 20.3 Å². The van der Waals surface area contributed by atoms with Crippen LogP contribution in [0.25, 0.3) is 0 Å². The third-order valence-corrected chi connectivity index (χ3v) is 0.751. The third-order valence-electron chi connectivity index (χ3n) is 0.751. The largest absolute Gasteiger partial charge is 0.287 e. The average Bonchev–Trinajstić information content (AvgIpc) is 2.39. The van der Waals surface area contributed by atoms with Gasteiger partial charge in [0.1, 0.15) is 0 Å². The van der Waals surface area contributed by atoms with Gasteiger partial charge in [0.25, 0.3) is 5.95 Å². The maximum absolute atomic E-state index is 9.62. The van der Waals surface area contributed by atoms with E-state index >= 15 is 0 Å². The zero-order valence-electron chi connectivity index (χ0n) is 5.00. The van der Waals surface area contributed by atoms with Gasteiger partial charge in [0.15, 0.2) is 0 Å². The second-order valence-electron chi connectivity index (χ2n) is 1.31. The molecule has 0 aliphatic carbocycles. The number of aromatic nitrogens is 4. The standard InChI is InChI=1S/CH2N8O2/c10-7-3-1-2-4-5-9(1)6-8-11/h(H,6,11)(H,2,3,5,10). The first-order valence-corrected chi connectivity index (χ1v) is 2.33. The number of hydrogen-bond acceptors (Lipinski definition) is 7. The summed E-state index contributed by atoms with van der Waals surface area (Å²) in [5, 5.41) is 14.1. The quantitative estimate of drug-likeness (QED) is 0.424. The molecule has 0 unspecified atom stereocenters. The van der Waals surface area contributed by atoms with Gasteiger partial charge in [-0.1, -0.05) is 9.89 Å². The van der Waals surface area contributed by atoms with Crippen molar-refractivity contribution in [3.05, 3.63) is 9.81 Å². The molecule has 0 fully saturated rings. The van der Waals surface area contributed by atoms with Crippen LogP contribution in [0.3, 0.4) is 0 Å². The summed E-state index contributed by atoms with van der Waals surface area (Å²) in [7, 11) is 0. The lowest BCUT2D eigenvalue weighted by molar-refractivity contribution is 0.704. The second-order valence-corrected chi connectivity index (χ2v) is 1.31. The summed E-state index contributed by atoms with van der Waals surface area (Å²) in [5.41, 5.74) is 3.71. The average molecular weight is 158 g/mol. The van der Waals surface area contributed by atoms with E-state index in [-0.39, 0.29) is 5.95 Å². The molecule has 11 heavy (non-hydrogen) atoms. The molecular formula is CH2N8O2. The highest BCUT2D eigenvalue weighted by Gasteiger charge is 2.02. The summed E-state index contributed by atoms with van der Waals surface area (Å²) in [6, 6.07) is 0. The molecule has 0 bridgehead atoms. The van der Waals surface area contributed by atoms with Gasteiger partial charge in [-0.15, -0.1) is 9.81 Å². The van der Waals surface area contributed by atoms with Gasteiger partial charge >= 0.3 is 0 Å². The topological polar surface area (TPSA) is 127 Å². The molecule has 0 saturated heterocycles. The Morgan fingerprint density at radius 3 is 2.82 bits per heavy atom. The van der Waals surface area contributed by atoms with E-state index in [1.807, 2.05) is 11.0 Å². The molecule has 1 heterocycles. The Bertz CT molecular complexity index is 228. The van der Waals surface area contributed by atoms with E-state index < -0.39 is 0 Å². The number of nitrogens with one attached hydrogen (secondary N) is 2. The first-order valence-electron chi connectivity index (χ1n) is 2.33. The van der Waals surface area contributed by atoms with E-state index in [1.165, 1.54) is 0 Å². The monoisotopic (exact) mass is 158 g/mol. The summed E-state index contributed by atoms with van der Waals surface area (Å²) in [5.74, 6) is -0.125. The molecule has 10 nitrogen and oxygen atoms in total. The predicted octanol–water partition coefficient (Wildman–Crippen LogP) is -1.01. The number of nitrogens with zero attached hydrogens (tertiary/aromatic N) is 6. The highest BCUT2D eigenvalue weighted by Crippen LogP contribution is 1.94. The first-order chi connectivity index (χ1) is 5.38. The van der Waals surface area contributed by atoms with Crippen molar-refractivity contribution >= 4 is 5.95 Å². The Kier molecular flexibility index (Phi) is 2.00. The van der Waals surface area contributed by atoms with E-state index in [1.54, 1.807) is 0 Å². The number of rotatable bonds is 4. The van der Waals surface area contributed by atoms with Crippen molar-refractivity contribution in [3.8, 4) is 0 Å². The molecule has 1 rings (SSSR count). The number of nitroso groups, excluding NO2 is 2. The van der Waals surface area contributed by atoms with Crippen molar-refractivity contribution in [2.45, 2.75) is 0 Å². The van der Waals surface area contributed by atoms with Crippen molar-refractivity contribution in [2.75, 3.05) is 11.0 Å². The minimum atomic E-state index is -0.125. The van der Waals surface area contributed by atoms with E-state index in [0.717, 1.165) is 4.79 Å². The Morgan fingerprint density at radius 1 is 1.36 bits per heavy atom. The highest BCUT2D eigenvalue weighted by atomic mass is 16.3. The smallest absolute Gasteiger partial charge is 0.206 e. The van der Waals surface area contributed by atoms with Gasteiger partial charge in [-0.3, -0.25) is 0 Å². The molecule has 0 saturated carbocycles. The van der Waals surface area contributed by atoms with Gasteiger partial charge in [0.05, 0.1) is 10.6 Å². The maximum atomic E-state index is 9.62. The van der Waals surface area contributed by atoms with Crippen LogP contribution in [0.2, 0.25) is 0 Å². The van der Waals surface area contributed by atoms with Crippen LogP contribution in [0.1, 0.15) is 0 Å². The zero-order chi connectivity index (χ0) is 8.10. The van der Waals surface area contributed by atoms with Gasteiger partial charge in [-0.25, -0.2) is 5.43 Å². The molecule has 1 aromatic rings. The summed E-state index contributed by atoms with van der Waals surface area (Å²) >= 11 is 0. The Labute approximate surface area is 58.8 Å². The van der Waals surface area contributed by atoms with Gasteiger partial charge in [0, 0.05) is 0 Å². The van der Waals surface area contributed by atoms with Crippen LogP contribution in [0.4, 0.5) is 5.95 Å². The number of tetrazole rings is 1. The fraction of sp³-hybridized carbons (Fsp3) is 0. The molecular weight excluding hydrogens is 156 g/mol. The third kappa shape index (κ3) is 1.41. The normalized spacial score (nSPS) is 8.73. The number of hydrogen-bond donors (Lipinski definition) is 2. The molecule has 0 radical (unpaired) electrons. The molecule has 2 N–H and O–H groups in total. The highest BCUT2D eigenvalue weighted by molar-refractivity contribution is 5.19. The SMILES string of the molecule is O=NNc1nnnn1NN=O. The lowest BCUT2D eigenvalue weighted by atomic mass is 11.1. The van der Waals surface area contributed by atoms with Crippen molar-refractivity contribution in [1.29, 1.82) is 0 Å². The first kappa shape index (κ1) is 6.98. The fourth-order valence-electron chi connectivity index (χ4n) is 0.404. The van der Waals surface area contributed by atoms with E-state index in [4.69, 9.17) is 0 Å². The fourth-order valence-corrected chi connectivity index (χ4v) is 0.404. The molecule has 0 amide bonds. The van der Waals surface area contributed by atoms with Gasteiger partial charge < -0.3 is 0 Å². The van der Waals surface area contributed by atoms with Gasteiger partial charge in [0.2, 0.25) is 0 Å². The van der Waals surface area contributed by atoms with E-state index in [2.05, 4.69) is 26.1 Å². The van der Waals surface area contributed by atoms with Crippen LogP contribution in [0.15, 0.2) is 10.6 Å². The molecule has 1 aromatic heterocycles. The number of anilines is 1. The minimum absolute atomic E-state index is 0.125. The Morgan fingerprint density at radius 2 is 2.18 bits per heavy atom. The van der Waals surface area contributed by atoms with E-state index in [9.17, 15) is 9.81 Å². The van der Waals surface area contributed by atoms with Crippen LogP contribution < -0.4 is 11.0 Å². The predicted molar refractivity (Wildman–Crippen MR) is 32.4 cm³/mol. The molecule has 0 aromatic carbocycles. The van der Waals surface area contributed by atoms with Crippen LogP contribution in [-0.2, 0) is 0 Å². The van der Waals surface area contributed by atoms with Crippen molar-refractivity contribution in [1.82, 2.24) is 20.3 Å². The van der Waals surface area contributed by atoms with E-state index in [0.29, 0.717) is 0 Å². The van der Waals surface area contributed by atoms with Crippen molar-refractivity contribution < 1.29 is 0 Å². The van der Waals surface area contributed by atoms with Gasteiger partial charge in [-0.05, 0) is 10.4 Å². The van der Waals surface area contributed by atoms with Crippen LogP contribution in [0, 0.1) is 9.81 Å². The molecule has 0 aliphatic rings.